The van der Waals surface area contributed by atoms with Crippen molar-refractivity contribution in [2.75, 3.05) is 5.32 Å². The van der Waals surface area contributed by atoms with E-state index in [-0.39, 0.29) is 17.6 Å². The molecule has 0 unspecified atom stereocenters. The highest BCUT2D eigenvalue weighted by molar-refractivity contribution is 6.02. The Bertz CT molecular complexity index is 1170. The highest BCUT2D eigenvalue weighted by Crippen LogP contribution is 2.18. The van der Waals surface area contributed by atoms with Gasteiger partial charge < -0.3 is 24.0 Å². The number of rotatable bonds is 7. The monoisotopic (exact) mass is 417 g/mol. The van der Waals surface area contributed by atoms with Crippen molar-refractivity contribution in [3.63, 3.8) is 0 Å². The van der Waals surface area contributed by atoms with E-state index in [0.717, 1.165) is 22.7 Å². The molecule has 1 aromatic carbocycles. The fourth-order valence-corrected chi connectivity index (χ4v) is 3.42. The molecule has 3 aromatic heterocycles. The van der Waals surface area contributed by atoms with E-state index >= 15 is 0 Å². The normalized spacial score (nSPS) is 10.8. The molecule has 7 nitrogen and oxygen atoms in total. The Labute approximate surface area is 179 Å². The second kappa shape index (κ2) is 8.79. The number of amides is 2. The second-order valence-electron chi connectivity index (χ2n) is 7.26. The molecule has 0 radical (unpaired) electrons. The third-order valence-electron chi connectivity index (χ3n) is 5.12. The predicted octanol–water partition coefficient (Wildman–Crippen LogP) is 4.52. The van der Waals surface area contributed by atoms with Crippen molar-refractivity contribution in [2.24, 2.45) is 0 Å². The van der Waals surface area contributed by atoms with Crippen LogP contribution in [-0.4, -0.2) is 16.4 Å². The first-order valence-corrected chi connectivity index (χ1v) is 9.92. The molecule has 2 amide bonds. The van der Waals surface area contributed by atoms with Crippen LogP contribution in [0.4, 0.5) is 5.69 Å². The number of carbonyl (C=O) groups excluding carboxylic acids is 2. The number of nitrogens with one attached hydrogen (secondary N) is 2. The van der Waals surface area contributed by atoms with Crippen LogP contribution in [0.5, 0.6) is 0 Å². The van der Waals surface area contributed by atoms with Gasteiger partial charge in [0.05, 0.1) is 24.6 Å². The smallest absolute Gasteiger partial charge is 0.291 e. The largest absolute Gasteiger partial charge is 0.467 e. The highest BCUT2D eigenvalue weighted by atomic mass is 16.3. The van der Waals surface area contributed by atoms with Gasteiger partial charge in [-0.2, -0.15) is 0 Å². The molecule has 2 N–H and O–H groups in total. The number of aromatic nitrogens is 1. The molecule has 0 saturated heterocycles. The highest BCUT2D eigenvalue weighted by Gasteiger charge is 2.16. The van der Waals surface area contributed by atoms with Gasteiger partial charge in [0.15, 0.2) is 5.76 Å². The molecular weight excluding hydrogens is 394 g/mol. The zero-order valence-electron chi connectivity index (χ0n) is 17.3. The molecular formula is C24H23N3O4. The fourth-order valence-electron chi connectivity index (χ4n) is 3.42. The first-order chi connectivity index (χ1) is 15.0. The van der Waals surface area contributed by atoms with E-state index in [1.54, 1.807) is 30.5 Å². The van der Waals surface area contributed by atoms with E-state index in [9.17, 15) is 9.59 Å². The number of hydrogen-bond donors (Lipinski definition) is 2. The Hall–Kier alpha value is -4.00. The first kappa shape index (κ1) is 20.3. The maximum absolute atomic E-state index is 12.7. The second-order valence-corrected chi connectivity index (χ2v) is 7.26. The predicted molar refractivity (Wildman–Crippen MR) is 116 cm³/mol. The van der Waals surface area contributed by atoms with Gasteiger partial charge in [-0.25, -0.2) is 0 Å². The van der Waals surface area contributed by atoms with Gasteiger partial charge in [-0.05, 0) is 61.9 Å². The molecule has 0 atom stereocenters. The Kier molecular flexibility index (Phi) is 5.75. The molecule has 0 fully saturated rings. The van der Waals surface area contributed by atoms with Gasteiger partial charge >= 0.3 is 0 Å². The first-order valence-electron chi connectivity index (χ1n) is 9.92. The zero-order chi connectivity index (χ0) is 21.8. The van der Waals surface area contributed by atoms with Gasteiger partial charge in [0.2, 0.25) is 0 Å². The van der Waals surface area contributed by atoms with Gasteiger partial charge in [0, 0.05) is 23.6 Å². The van der Waals surface area contributed by atoms with E-state index in [1.807, 2.05) is 44.2 Å². The van der Waals surface area contributed by atoms with Crippen LogP contribution < -0.4 is 10.6 Å². The van der Waals surface area contributed by atoms with Crippen LogP contribution in [0.1, 0.15) is 43.6 Å². The number of nitrogens with zero attached hydrogens (tertiary/aromatic N) is 1. The van der Waals surface area contributed by atoms with Crippen molar-refractivity contribution in [3.05, 3.63) is 101 Å². The summed E-state index contributed by atoms with van der Waals surface area (Å²) < 4.78 is 12.6. The van der Waals surface area contributed by atoms with Crippen molar-refractivity contribution in [3.8, 4) is 0 Å². The van der Waals surface area contributed by atoms with E-state index in [4.69, 9.17) is 8.83 Å². The lowest BCUT2D eigenvalue weighted by Crippen LogP contribution is -2.23. The van der Waals surface area contributed by atoms with Crippen LogP contribution >= 0.6 is 0 Å². The summed E-state index contributed by atoms with van der Waals surface area (Å²) >= 11 is 0. The molecule has 0 bridgehead atoms. The molecule has 31 heavy (non-hydrogen) atoms. The number of carbonyl (C=O) groups is 2. The zero-order valence-corrected chi connectivity index (χ0v) is 17.3. The van der Waals surface area contributed by atoms with Crippen LogP contribution in [0.2, 0.25) is 0 Å². The summed E-state index contributed by atoms with van der Waals surface area (Å²) in [5.74, 6) is 0.652. The SMILES string of the molecule is Cc1cc(C(=O)NCc2ccc(NC(=O)c3ccco3)cc2)c(C)n1Cc1ccco1. The molecule has 0 aliphatic rings. The number of anilines is 1. The average molecular weight is 417 g/mol. The maximum Gasteiger partial charge on any atom is 0.291 e. The summed E-state index contributed by atoms with van der Waals surface area (Å²) in [4.78, 5) is 24.8. The van der Waals surface area contributed by atoms with Crippen LogP contribution in [-0.2, 0) is 13.1 Å². The van der Waals surface area contributed by atoms with Crippen molar-refractivity contribution >= 4 is 17.5 Å². The van der Waals surface area contributed by atoms with Crippen LogP contribution in [0.25, 0.3) is 0 Å². The quantitative estimate of drug-likeness (QED) is 0.463. The maximum atomic E-state index is 12.7. The minimum Gasteiger partial charge on any atom is -0.467 e. The standard InChI is InChI=1S/C24H23N3O4/c1-16-13-21(17(2)27(16)15-20-5-3-11-30-20)23(28)25-14-18-7-9-19(10-8-18)26-24(29)22-6-4-12-31-22/h3-13H,14-15H2,1-2H3,(H,25,28)(H,26,29). The van der Waals surface area contributed by atoms with Crippen LogP contribution in [0.15, 0.2) is 76.0 Å². The van der Waals surface area contributed by atoms with Crippen molar-refractivity contribution in [2.45, 2.75) is 26.9 Å². The van der Waals surface area contributed by atoms with Gasteiger partial charge in [0.1, 0.15) is 5.76 Å². The average Bonchev–Trinajstić information content (AvgIpc) is 3.52. The lowest BCUT2D eigenvalue weighted by molar-refractivity contribution is 0.0949. The lowest BCUT2D eigenvalue weighted by Gasteiger charge is -2.09. The summed E-state index contributed by atoms with van der Waals surface area (Å²) in [5, 5.41) is 5.73. The molecule has 0 saturated carbocycles. The third-order valence-corrected chi connectivity index (χ3v) is 5.12. The topological polar surface area (TPSA) is 89.4 Å². The van der Waals surface area contributed by atoms with E-state index < -0.39 is 0 Å². The molecule has 0 spiro atoms. The fraction of sp³-hybridized carbons (Fsp3) is 0.167. The summed E-state index contributed by atoms with van der Waals surface area (Å²) in [7, 11) is 0. The Morgan fingerprint density at radius 1 is 0.935 bits per heavy atom. The molecule has 0 aliphatic carbocycles. The lowest BCUT2D eigenvalue weighted by atomic mass is 10.2. The third kappa shape index (κ3) is 4.61. The molecule has 7 heteroatoms. The Balaban J connectivity index is 1.36. The number of hydrogen-bond acceptors (Lipinski definition) is 4. The van der Waals surface area contributed by atoms with Gasteiger partial charge in [-0.15, -0.1) is 0 Å². The van der Waals surface area contributed by atoms with Crippen molar-refractivity contribution in [1.29, 1.82) is 0 Å². The Morgan fingerprint density at radius 2 is 1.68 bits per heavy atom. The van der Waals surface area contributed by atoms with Crippen molar-refractivity contribution in [1.82, 2.24) is 9.88 Å². The van der Waals surface area contributed by atoms with E-state index in [1.165, 1.54) is 6.26 Å². The van der Waals surface area contributed by atoms with Crippen LogP contribution in [0.3, 0.4) is 0 Å². The van der Waals surface area contributed by atoms with E-state index in [0.29, 0.717) is 24.3 Å². The van der Waals surface area contributed by atoms with Crippen LogP contribution in [0, 0.1) is 13.8 Å². The number of benzene rings is 1. The van der Waals surface area contributed by atoms with Gasteiger partial charge in [-0.3, -0.25) is 9.59 Å². The van der Waals surface area contributed by atoms with Crippen molar-refractivity contribution < 1.29 is 18.4 Å². The minimum atomic E-state index is -0.309. The number of aryl methyl sites for hydroxylation is 1. The molecule has 4 aromatic rings. The molecule has 158 valence electrons. The van der Waals surface area contributed by atoms with Gasteiger partial charge in [-0.1, -0.05) is 12.1 Å². The summed E-state index contributed by atoms with van der Waals surface area (Å²) in [5.41, 5.74) is 4.11. The molecule has 3 heterocycles. The number of furan rings is 2. The molecule has 4 rings (SSSR count). The molecule has 0 aliphatic heterocycles. The van der Waals surface area contributed by atoms with Gasteiger partial charge in [0.25, 0.3) is 11.8 Å². The summed E-state index contributed by atoms with van der Waals surface area (Å²) in [6.07, 6.45) is 3.10. The minimum absolute atomic E-state index is 0.131. The summed E-state index contributed by atoms with van der Waals surface area (Å²) in [6, 6.07) is 16.2. The Morgan fingerprint density at radius 3 is 2.35 bits per heavy atom. The van der Waals surface area contributed by atoms with E-state index in [2.05, 4.69) is 15.2 Å². The summed E-state index contributed by atoms with van der Waals surface area (Å²) in [6.45, 7) is 4.88.